The molecule has 3 rings (SSSR count). The number of aromatic nitrogens is 2. The third-order valence-corrected chi connectivity index (χ3v) is 5.15. The number of carbonyl (C=O) groups excluding carboxylic acids is 1. The molecule has 10 nitrogen and oxygen atoms in total. The molecule has 1 saturated heterocycles. The highest BCUT2D eigenvalue weighted by atomic mass is 32.2. The van der Waals surface area contributed by atoms with Gasteiger partial charge in [0.2, 0.25) is 15.9 Å². The summed E-state index contributed by atoms with van der Waals surface area (Å²) in [6.45, 7) is 5.11. The lowest BCUT2D eigenvalue weighted by Gasteiger charge is -2.28. The van der Waals surface area contributed by atoms with Crippen LogP contribution in [0.4, 0.5) is 5.82 Å². The number of ether oxygens (including phenoxy) is 2. The fourth-order valence-electron chi connectivity index (χ4n) is 2.77. The molecule has 1 aromatic carbocycles. The number of primary sulfonamides is 1. The maximum atomic E-state index is 12.1. The van der Waals surface area contributed by atoms with E-state index in [2.05, 4.69) is 20.2 Å². The summed E-state index contributed by atoms with van der Waals surface area (Å²) in [6.07, 6.45) is 0. The van der Waals surface area contributed by atoms with Crippen molar-refractivity contribution in [3.63, 3.8) is 0 Å². The normalized spacial score (nSPS) is 14.5. The van der Waals surface area contributed by atoms with Gasteiger partial charge in [0.15, 0.2) is 0 Å². The third-order valence-electron chi connectivity index (χ3n) is 4.22. The number of amides is 1. The second-order valence-electron chi connectivity index (χ2n) is 6.38. The summed E-state index contributed by atoms with van der Waals surface area (Å²) in [5.41, 5.74) is 0.324. The van der Waals surface area contributed by atoms with Gasteiger partial charge in [-0.25, -0.2) is 18.5 Å². The van der Waals surface area contributed by atoms with Gasteiger partial charge in [-0.1, -0.05) is 0 Å². The van der Waals surface area contributed by atoms with E-state index in [4.69, 9.17) is 14.6 Å². The topological polar surface area (TPSA) is 137 Å². The molecule has 1 aromatic heterocycles. The molecule has 0 atom stereocenters. The van der Waals surface area contributed by atoms with Crippen LogP contribution in [0.2, 0.25) is 0 Å². The smallest absolute Gasteiger partial charge is 0.251 e. The zero-order valence-electron chi connectivity index (χ0n) is 16.0. The number of hydrogen-bond donors (Lipinski definition) is 2. The number of nitrogens with two attached hydrogens (primary N) is 1. The van der Waals surface area contributed by atoms with Gasteiger partial charge in [0.1, 0.15) is 18.2 Å². The first kappa shape index (κ1) is 21.0. The van der Waals surface area contributed by atoms with E-state index in [0.717, 1.165) is 18.9 Å². The molecule has 1 amide bonds. The summed E-state index contributed by atoms with van der Waals surface area (Å²) in [4.78, 5) is 22.9. The summed E-state index contributed by atoms with van der Waals surface area (Å²) in [7, 11) is -3.79. The van der Waals surface area contributed by atoms with Crippen LogP contribution in [0.5, 0.6) is 5.88 Å². The number of hydrogen-bond acceptors (Lipinski definition) is 8. The van der Waals surface area contributed by atoms with Crippen LogP contribution in [-0.4, -0.2) is 63.7 Å². The van der Waals surface area contributed by atoms with Crippen LogP contribution in [-0.2, 0) is 14.8 Å². The van der Waals surface area contributed by atoms with Crippen molar-refractivity contribution in [3.05, 3.63) is 41.7 Å². The second kappa shape index (κ2) is 9.16. The summed E-state index contributed by atoms with van der Waals surface area (Å²) < 4.78 is 33.5. The van der Waals surface area contributed by atoms with Crippen molar-refractivity contribution in [2.75, 3.05) is 44.4 Å². The number of benzene rings is 1. The van der Waals surface area contributed by atoms with E-state index < -0.39 is 10.0 Å². The Balaban J connectivity index is 1.51. The van der Waals surface area contributed by atoms with Crippen molar-refractivity contribution in [1.82, 2.24) is 15.3 Å². The van der Waals surface area contributed by atoms with E-state index in [1.54, 1.807) is 13.0 Å². The van der Waals surface area contributed by atoms with Crippen LogP contribution >= 0.6 is 0 Å². The van der Waals surface area contributed by atoms with Gasteiger partial charge in [-0.2, -0.15) is 4.98 Å². The average molecular weight is 421 g/mol. The largest absolute Gasteiger partial charge is 0.476 e. The molecule has 0 radical (unpaired) electrons. The minimum Gasteiger partial charge on any atom is -0.476 e. The monoisotopic (exact) mass is 421 g/mol. The van der Waals surface area contributed by atoms with Crippen molar-refractivity contribution in [1.29, 1.82) is 0 Å². The van der Waals surface area contributed by atoms with Crippen LogP contribution in [0.3, 0.4) is 0 Å². The van der Waals surface area contributed by atoms with Gasteiger partial charge in [-0.15, -0.1) is 0 Å². The van der Waals surface area contributed by atoms with Crippen molar-refractivity contribution >= 4 is 21.7 Å². The molecule has 156 valence electrons. The van der Waals surface area contributed by atoms with Crippen LogP contribution in [0.1, 0.15) is 16.2 Å². The zero-order chi connectivity index (χ0) is 20.9. The second-order valence-corrected chi connectivity index (χ2v) is 7.95. The molecule has 3 N–H and O–H groups in total. The van der Waals surface area contributed by atoms with Gasteiger partial charge in [0, 0.05) is 24.7 Å². The van der Waals surface area contributed by atoms with Crippen LogP contribution in [0, 0.1) is 6.92 Å². The molecule has 1 aliphatic heterocycles. The lowest BCUT2D eigenvalue weighted by molar-refractivity contribution is 0.0946. The molecule has 0 aliphatic carbocycles. The number of aryl methyl sites for hydroxylation is 1. The average Bonchev–Trinajstić information content (AvgIpc) is 2.71. The molecule has 0 spiro atoms. The maximum Gasteiger partial charge on any atom is 0.251 e. The predicted molar refractivity (Wildman–Crippen MR) is 105 cm³/mol. The molecule has 1 aliphatic rings. The van der Waals surface area contributed by atoms with E-state index >= 15 is 0 Å². The Labute approximate surface area is 169 Å². The molecule has 11 heteroatoms. The summed E-state index contributed by atoms with van der Waals surface area (Å²) >= 11 is 0. The van der Waals surface area contributed by atoms with E-state index in [0.29, 0.717) is 30.5 Å². The van der Waals surface area contributed by atoms with Gasteiger partial charge < -0.3 is 19.7 Å². The Morgan fingerprint density at radius 2 is 1.93 bits per heavy atom. The lowest BCUT2D eigenvalue weighted by Crippen LogP contribution is -2.37. The summed E-state index contributed by atoms with van der Waals surface area (Å²) in [6, 6.07) is 7.15. The van der Waals surface area contributed by atoms with Crippen molar-refractivity contribution < 1.29 is 22.7 Å². The fourth-order valence-corrected chi connectivity index (χ4v) is 3.29. The first-order valence-corrected chi connectivity index (χ1v) is 10.6. The van der Waals surface area contributed by atoms with Crippen LogP contribution < -0.4 is 20.1 Å². The van der Waals surface area contributed by atoms with Gasteiger partial charge in [-0.05, 0) is 31.2 Å². The standard InChI is InChI=1S/C18H23N5O5S/c1-13-21-16(23-7-10-27-11-8-23)12-17(22-13)28-9-6-20-18(24)14-2-4-15(5-3-14)29(19,25)26/h2-5,12H,6-11H2,1H3,(H,20,24)(H2,19,25,26). The zero-order valence-corrected chi connectivity index (χ0v) is 16.8. The predicted octanol–water partition coefficient (Wildman–Crippen LogP) is 0.0778. The Morgan fingerprint density at radius 1 is 1.24 bits per heavy atom. The third kappa shape index (κ3) is 5.86. The molecule has 2 heterocycles. The number of sulfonamides is 1. The van der Waals surface area contributed by atoms with Crippen molar-refractivity contribution in [2.24, 2.45) is 5.14 Å². The highest BCUT2D eigenvalue weighted by Crippen LogP contribution is 2.18. The number of morpholine rings is 1. The molecular weight excluding hydrogens is 398 g/mol. The summed E-state index contributed by atoms with van der Waals surface area (Å²) in [5, 5.41) is 7.75. The van der Waals surface area contributed by atoms with E-state index in [1.807, 2.05) is 0 Å². The highest BCUT2D eigenvalue weighted by molar-refractivity contribution is 7.89. The molecule has 0 bridgehead atoms. The van der Waals surface area contributed by atoms with Crippen LogP contribution in [0.25, 0.3) is 0 Å². The van der Waals surface area contributed by atoms with E-state index in [-0.39, 0.29) is 24.0 Å². The molecule has 1 fully saturated rings. The lowest BCUT2D eigenvalue weighted by atomic mass is 10.2. The van der Waals surface area contributed by atoms with Gasteiger partial charge in [0.05, 0.1) is 24.7 Å². The van der Waals surface area contributed by atoms with Gasteiger partial charge in [-0.3, -0.25) is 4.79 Å². The Morgan fingerprint density at radius 3 is 2.59 bits per heavy atom. The minimum absolute atomic E-state index is 0.0485. The van der Waals surface area contributed by atoms with E-state index in [1.165, 1.54) is 24.3 Å². The van der Waals surface area contributed by atoms with Crippen molar-refractivity contribution in [3.8, 4) is 5.88 Å². The minimum atomic E-state index is -3.79. The Hall–Kier alpha value is -2.76. The molecule has 0 unspecified atom stereocenters. The first-order chi connectivity index (χ1) is 13.8. The summed E-state index contributed by atoms with van der Waals surface area (Å²) in [5.74, 6) is 1.48. The first-order valence-electron chi connectivity index (χ1n) is 9.05. The quantitative estimate of drug-likeness (QED) is 0.600. The van der Waals surface area contributed by atoms with Crippen LogP contribution in [0.15, 0.2) is 35.2 Å². The molecular formula is C18H23N5O5S. The number of carbonyl (C=O) groups is 1. The number of anilines is 1. The maximum absolute atomic E-state index is 12.1. The highest BCUT2D eigenvalue weighted by Gasteiger charge is 2.15. The number of nitrogens with zero attached hydrogens (tertiary/aromatic N) is 3. The molecule has 0 saturated carbocycles. The molecule has 29 heavy (non-hydrogen) atoms. The fraction of sp³-hybridized carbons (Fsp3) is 0.389. The number of nitrogens with one attached hydrogen (secondary N) is 1. The number of rotatable bonds is 7. The van der Waals surface area contributed by atoms with Crippen molar-refractivity contribution in [2.45, 2.75) is 11.8 Å². The van der Waals surface area contributed by atoms with Gasteiger partial charge in [0.25, 0.3) is 5.91 Å². The molecule has 2 aromatic rings. The Bertz CT molecular complexity index is 959. The SMILES string of the molecule is Cc1nc(OCCNC(=O)c2ccc(S(N)(=O)=O)cc2)cc(N2CCOCC2)n1. The van der Waals surface area contributed by atoms with E-state index in [9.17, 15) is 13.2 Å². The van der Waals surface area contributed by atoms with Gasteiger partial charge >= 0.3 is 0 Å². The Kier molecular flexibility index (Phi) is 6.62.